The normalized spacial score (nSPS) is 12.1. The Morgan fingerprint density at radius 3 is 1.93 bits per heavy atom. The van der Waals surface area contributed by atoms with E-state index < -0.39 is 19.9 Å². The Morgan fingerprint density at radius 1 is 0.767 bits per heavy atom. The summed E-state index contributed by atoms with van der Waals surface area (Å²) in [6, 6.07) is 18.1. The standard InChI is InChI=1S/C23H25NO4S2/c1-16-12-17(2)23(18(3)13-16)30(27,28)24-15-21-11-10-20(14-22(21)29(4,25)26)19-8-6-5-7-9-19/h5-14,24H,15H2,1-4H3. The summed E-state index contributed by atoms with van der Waals surface area (Å²) in [6.07, 6.45) is 1.13. The lowest BCUT2D eigenvalue weighted by Crippen LogP contribution is -2.25. The quantitative estimate of drug-likeness (QED) is 0.620. The Labute approximate surface area is 178 Å². The van der Waals surface area contributed by atoms with Crippen LogP contribution in [0.1, 0.15) is 22.3 Å². The minimum Gasteiger partial charge on any atom is -0.224 e. The molecule has 0 saturated heterocycles. The highest BCUT2D eigenvalue weighted by Gasteiger charge is 2.22. The number of rotatable bonds is 6. The van der Waals surface area contributed by atoms with Crippen molar-refractivity contribution in [2.75, 3.05) is 6.26 Å². The number of sulfone groups is 1. The molecule has 5 nitrogen and oxygen atoms in total. The van der Waals surface area contributed by atoms with Crippen LogP contribution in [0.15, 0.2) is 70.5 Å². The largest absolute Gasteiger partial charge is 0.241 e. The van der Waals surface area contributed by atoms with E-state index in [-0.39, 0.29) is 16.3 Å². The Bertz CT molecular complexity index is 1270. The van der Waals surface area contributed by atoms with Crippen molar-refractivity contribution in [1.82, 2.24) is 4.72 Å². The van der Waals surface area contributed by atoms with Gasteiger partial charge in [-0.25, -0.2) is 21.6 Å². The summed E-state index contributed by atoms with van der Waals surface area (Å²) in [5, 5.41) is 0. The third-order valence-corrected chi connectivity index (χ3v) is 7.78. The molecule has 3 aromatic rings. The van der Waals surface area contributed by atoms with Gasteiger partial charge in [-0.3, -0.25) is 0 Å². The molecule has 0 heterocycles. The Hall–Kier alpha value is -2.48. The van der Waals surface area contributed by atoms with Crippen LogP contribution >= 0.6 is 0 Å². The fraction of sp³-hybridized carbons (Fsp3) is 0.217. The zero-order valence-corrected chi connectivity index (χ0v) is 19.1. The second kappa shape index (κ2) is 8.34. The molecular weight excluding hydrogens is 418 g/mol. The highest BCUT2D eigenvalue weighted by molar-refractivity contribution is 7.90. The zero-order valence-electron chi connectivity index (χ0n) is 17.4. The van der Waals surface area contributed by atoms with E-state index in [1.165, 1.54) is 0 Å². The summed E-state index contributed by atoms with van der Waals surface area (Å²) in [6.45, 7) is 5.30. The number of hydrogen-bond donors (Lipinski definition) is 1. The highest BCUT2D eigenvalue weighted by Crippen LogP contribution is 2.27. The Balaban J connectivity index is 1.97. The average Bonchev–Trinajstić information content (AvgIpc) is 2.65. The molecule has 0 unspecified atom stereocenters. The average molecular weight is 444 g/mol. The summed E-state index contributed by atoms with van der Waals surface area (Å²) in [7, 11) is -7.36. The number of nitrogens with one attached hydrogen (secondary N) is 1. The first kappa shape index (κ1) is 22.2. The van der Waals surface area contributed by atoms with E-state index in [9.17, 15) is 16.8 Å². The van der Waals surface area contributed by atoms with Crippen molar-refractivity contribution in [2.24, 2.45) is 0 Å². The molecule has 0 spiro atoms. The molecule has 0 aliphatic rings. The summed E-state index contributed by atoms with van der Waals surface area (Å²) in [5.74, 6) is 0. The van der Waals surface area contributed by atoms with Crippen molar-refractivity contribution >= 4 is 19.9 Å². The van der Waals surface area contributed by atoms with E-state index >= 15 is 0 Å². The summed E-state index contributed by atoms with van der Waals surface area (Å²) >= 11 is 0. The maximum absolute atomic E-state index is 12.9. The maximum atomic E-state index is 12.9. The molecule has 0 radical (unpaired) electrons. The second-order valence-corrected chi connectivity index (χ2v) is 11.2. The SMILES string of the molecule is Cc1cc(C)c(S(=O)(=O)NCc2ccc(-c3ccccc3)cc2S(C)(=O)=O)c(C)c1. The van der Waals surface area contributed by atoms with Gasteiger partial charge < -0.3 is 0 Å². The van der Waals surface area contributed by atoms with Gasteiger partial charge in [0, 0.05) is 12.8 Å². The van der Waals surface area contributed by atoms with Crippen LogP contribution in [0.25, 0.3) is 11.1 Å². The Morgan fingerprint density at radius 2 is 1.37 bits per heavy atom. The number of sulfonamides is 1. The van der Waals surface area contributed by atoms with Crippen molar-refractivity contribution in [2.45, 2.75) is 37.1 Å². The predicted octanol–water partition coefficient (Wildman–Crippen LogP) is 4.16. The van der Waals surface area contributed by atoms with Crippen molar-refractivity contribution in [3.63, 3.8) is 0 Å². The van der Waals surface area contributed by atoms with Crippen molar-refractivity contribution < 1.29 is 16.8 Å². The third kappa shape index (κ3) is 4.80. The predicted molar refractivity (Wildman–Crippen MR) is 120 cm³/mol. The molecule has 158 valence electrons. The van der Waals surface area contributed by atoms with Gasteiger partial charge in [0.25, 0.3) is 0 Å². The van der Waals surface area contributed by atoms with Crippen LogP contribution in [0.4, 0.5) is 0 Å². The fourth-order valence-corrected chi connectivity index (χ4v) is 6.10. The van der Waals surface area contributed by atoms with Crippen LogP contribution in [0.2, 0.25) is 0 Å². The number of aryl methyl sites for hydroxylation is 3. The van der Waals surface area contributed by atoms with Gasteiger partial charge in [0.2, 0.25) is 10.0 Å². The van der Waals surface area contributed by atoms with Gasteiger partial charge in [-0.1, -0.05) is 60.2 Å². The molecule has 0 aromatic heterocycles. The smallest absolute Gasteiger partial charge is 0.224 e. The van der Waals surface area contributed by atoms with Crippen molar-refractivity contribution in [3.8, 4) is 11.1 Å². The molecule has 0 aliphatic carbocycles. The van der Waals surface area contributed by atoms with E-state index in [1.807, 2.05) is 49.4 Å². The molecule has 3 rings (SSSR count). The molecule has 1 N–H and O–H groups in total. The molecule has 0 amide bonds. The summed E-state index contributed by atoms with van der Waals surface area (Å²) in [5.41, 5.74) is 4.35. The Kier molecular flexibility index (Phi) is 6.17. The molecule has 0 fully saturated rings. The van der Waals surface area contributed by atoms with E-state index in [0.29, 0.717) is 16.7 Å². The lowest BCUT2D eigenvalue weighted by molar-refractivity contribution is 0.577. The van der Waals surface area contributed by atoms with Gasteiger partial charge in [-0.15, -0.1) is 0 Å². The van der Waals surface area contributed by atoms with E-state index in [1.54, 1.807) is 32.0 Å². The van der Waals surface area contributed by atoms with Crippen LogP contribution in [-0.2, 0) is 26.4 Å². The molecule has 0 atom stereocenters. The van der Waals surface area contributed by atoms with Gasteiger partial charge in [0.15, 0.2) is 9.84 Å². The van der Waals surface area contributed by atoms with Crippen LogP contribution < -0.4 is 4.72 Å². The molecule has 3 aromatic carbocycles. The van der Waals surface area contributed by atoms with E-state index in [2.05, 4.69) is 4.72 Å². The first-order valence-electron chi connectivity index (χ1n) is 9.45. The minimum absolute atomic E-state index is 0.115. The molecule has 30 heavy (non-hydrogen) atoms. The van der Waals surface area contributed by atoms with Crippen LogP contribution in [0.3, 0.4) is 0 Å². The van der Waals surface area contributed by atoms with Gasteiger partial charge in [0.1, 0.15) is 0 Å². The molecule has 0 bridgehead atoms. The van der Waals surface area contributed by atoms with Gasteiger partial charge in [-0.2, -0.15) is 0 Å². The zero-order chi connectivity index (χ0) is 22.1. The maximum Gasteiger partial charge on any atom is 0.241 e. The van der Waals surface area contributed by atoms with Crippen LogP contribution in [-0.4, -0.2) is 23.1 Å². The van der Waals surface area contributed by atoms with E-state index in [0.717, 1.165) is 22.9 Å². The van der Waals surface area contributed by atoms with Gasteiger partial charge >= 0.3 is 0 Å². The van der Waals surface area contributed by atoms with Crippen molar-refractivity contribution in [1.29, 1.82) is 0 Å². The van der Waals surface area contributed by atoms with E-state index in [4.69, 9.17) is 0 Å². The highest BCUT2D eigenvalue weighted by atomic mass is 32.2. The minimum atomic E-state index is -3.81. The third-order valence-electron chi connectivity index (χ3n) is 4.90. The monoisotopic (exact) mass is 443 g/mol. The lowest BCUT2D eigenvalue weighted by Gasteiger charge is -2.15. The fourth-order valence-electron chi connectivity index (χ4n) is 3.69. The molecular formula is C23H25NO4S2. The summed E-state index contributed by atoms with van der Waals surface area (Å²) in [4.78, 5) is 0.346. The second-order valence-electron chi connectivity index (χ2n) is 7.51. The van der Waals surface area contributed by atoms with Gasteiger partial charge in [0.05, 0.1) is 9.79 Å². The van der Waals surface area contributed by atoms with Crippen LogP contribution in [0.5, 0.6) is 0 Å². The lowest BCUT2D eigenvalue weighted by atomic mass is 10.0. The summed E-state index contributed by atoms with van der Waals surface area (Å²) < 4.78 is 53.3. The first-order valence-corrected chi connectivity index (χ1v) is 12.8. The number of benzene rings is 3. The number of hydrogen-bond acceptors (Lipinski definition) is 4. The van der Waals surface area contributed by atoms with Crippen molar-refractivity contribution in [3.05, 3.63) is 82.9 Å². The molecule has 0 saturated carbocycles. The molecule has 0 aliphatic heterocycles. The topological polar surface area (TPSA) is 80.3 Å². The molecule has 7 heteroatoms. The van der Waals surface area contributed by atoms with Gasteiger partial charge in [-0.05, 0) is 54.7 Å². The van der Waals surface area contributed by atoms with Crippen LogP contribution in [0, 0.1) is 20.8 Å². The first-order chi connectivity index (χ1) is 14.0.